The smallest absolute Gasteiger partial charge is 0.0672 e. The molecule has 4 unspecified atom stereocenters. The van der Waals surface area contributed by atoms with Crippen molar-refractivity contribution in [3.8, 4) is 6.07 Å². The second kappa shape index (κ2) is 5.59. The van der Waals surface area contributed by atoms with Crippen LogP contribution in [0.4, 0.5) is 0 Å². The van der Waals surface area contributed by atoms with E-state index in [1.807, 2.05) is 0 Å². The summed E-state index contributed by atoms with van der Waals surface area (Å²) in [4.78, 5) is 2.67. The van der Waals surface area contributed by atoms with E-state index in [1.165, 1.54) is 58.0 Å². The fraction of sp³-hybridized carbons (Fsp3) is 0.933. The van der Waals surface area contributed by atoms with Gasteiger partial charge in [0.2, 0.25) is 0 Å². The molecule has 100 valence electrons. The van der Waals surface area contributed by atoms with Crippen LogP contribution in [0.1, 0.15) is 51.4 Å². The summed E-state index contributed by atoms with van der Waals surface area (Å²) in [7, 11) is 0. The van der Waals surface area contributed by atoms with Gasteiger partial charge in [-0.1, -0.05) is 12.8 Å². The molecule has 0 bridgehead atoms. The van der Waals surface area contributed by atoms with Crippen LogP contribution in [0.2, 0.25) is 0 Å². The van der Waals surface area contributed by atoms with E-state index in [4.69, 9.17) is 0 Å². The summed E-state index contributed by atoms with van der Waals surface area (Å²) < 4.78 is 0. The van der Waals surface area contributed by atoms with Crippen molar-refractivity contribution in [2.45, 2.75) is 69.5 Å². The number of fused-ring (bicyclic) bond motifs is 1. The van der Waals surface area contributed by atoms with Gasteiger partial charge in [0.05, 0.1) is 12.0 Å². The number of hydrogen-bond acceptors (Lipinski definition) is 3. The predicted molar refractivity (Wildman–Crippen MR) is 72.1 cm³/mol. The van der Waals surface area contributed by atoms with Crippen LogP contribution >= 0.6 is 0 Å². The van der Waals surface area contributed by atoms with Crippen LogP contribution in [-0.4, -0.2) is 36.1 Å². The number of nitriles is 1. The van der Waals surface area contributed by atoms with Gasteiger partial charge in [0.25, 0.3) is 0 Å². The minimum Gasteiger partial charge on any atom is -0.310 e. The molecule has 2 saturated heterocycles. The molecular formula is C15H25N3. The average molecular weight is 247 g/mol. The van der Waals surface area contributed by atoms with Crippen molar-refractivity contribution in [2.75, 3.05) is 13.1 Å². The Balaban J connectivity index is 1.54. The molecule has 3 heteroatoms. The van der Waals surface area contributed by atoms with Gasteiger partial charge in [0, 0.05) is 18.1 Å². The van der Waals surface area contributed by atoms with Crippen LogP contribution in [0, 0.1) is 17.2 Å². The van der Waals surface area contributed by atoms with Gasteiger partial charge in [-0.25, -0.2) is 0 Å². The van der Waals surface area contributed by atoms with Crippen molar-refractivity contribution in [2.24, 2.45) is 5.92 Å². The fourth-order valence-electron chi connectivity index (χ4n) is 4.16. The summed E-state index contributed by atoms with van der Waals surface area (Å²) in [6.07, 6.45) is 10.3. The number of nitrogens with one attached hydrogen (secondary N) is 1. The van der Waals surface area contributed by atoms with E-state index < -0.39 is 0 Å². The summed E-state index contributed by atoms with van der Waals surface area (Å²) in [6.45, 7) is 2.59. The maximum atomic E-state index is 9.24. The molecule has 0 aromatic heterocycles. The van der Waals surface area contributed by atoms with Gasteiger partial charge >= 0.3 is 0 Å². The quantitative estimate of drug-likeness (QED) is 0.813. The molecule has 1 aliphatic carbocycles. The van der Waals surface area contributed by atoms with Crippen molar-refractivity contribution in [3.05, 3.63) is 0 Å². The highest BCUT2D eigenvalue weighted by Gasteiger charge is 2.34. The van der Waals surface area contributed by atoms with E-state index in [2.05, 4.69) is 16.3 Å². The molecule has 2 heterocycles. The molecule has 1 N–H and O–H groups in total. The molecule has 3 aliphatic rings. The van der Waals surface area contributed by atoms with Gasteiger partial charge < -0.3 is 10.2 Å². The topological polar surface area (TPSA) is 39.1 Å². The number of rotatable bonds is 2. The third-order valence-electron chi connectivity index (χ3n) is 5.20. The molecule has 1 saturated carbocycles. The maximum absolute atomic E-state index is 9.24. The monoisotopic (exact) mass is 247 g/mol. The first-order valence-corrected chi connectivity index (χ1v) is 7.76. The molecule has 0 radical (unpaired) electrons. The molecule has 3 nitrogen and oxygen atoms in total. The second-order valence-corrected chi connectivity index (χ2v) is 6.35. The molecule has 18 heavy (non-hydrogen) atoms. The zero-order valence-electron chi connectivity index (χ0n) is 11.3. The van der Waals surface area contributed by atoms with Crippen LogP contribution in [-0.2, 0) is 0 Å². The van der Waals surface area contributed by atoms with Crippen LogP contribution in [0.15, 0.2) is 0 Å². The summed E-state index contributed by atoms with van der Waals surface area (Å²) >= 11 is 0. The van der Waals surface area contributed by atoms with Gasteiger partial charge in [-0.2, -0.15) is 5.26 Å². The molecule has 2 aliphatic heterocycles. The SMILES string of the molecule is N#CC1CCCCC1NC1CCN2CCCC2C1. The third-order valence-corrected chi connectivity index (χ3v) is 5.20. The molecule has 3 fully saturated rings. The summed E-state index contributed by atoms with van der Waals surface area (Å²) in [6, 6.07) is 4.49. The third kappa shape index (κ3) is 2.55. The standard InChI is InChI=1S/C15H25N3/c16-11-12-4-1-2-6-15(12)17-13-7-9-18-8-3-5-14(18)10-13/h12-15,17H,1-10H2. The summed E-state index contributed by atoms with van der Waals surface area (Å²) in [5.74, 6) is 0.264. The Kier molecular flexibility index (Phi) is 3.86. The molecule has 0 aromatic rings. The van der Waals surface area contributed by atoms with E-state index in [0.717, 1.165) is 12.5 Å². The Hall–Kier alpha value is -0.590. The first kappa shape index (κ1) is 12.4. The van der Waals surface area contributed by atoms with Gasteiger partial charge in [0.15, 0.2) is 0 Å². The summed E-state index contributed by atoms with van der Waals surface area (Å²) in [5.41, 5.74) is 0. The van der Waals surface area contributed by atoms with Crippen LogP contribution in [0.3, 0.4) is 0 Å². The highest BCUT2D eigenvalue weighted by atomic mass is 15.2. The van der Waals surface area contributed by atoms with Crippen molar-refractivity contribution < 1.29 is 0 Å². The van der Waals surface area contributed by atoms with E-state index in [0.29, 0.717) is 12.1 Å². The Morgan fingerprint density at radius 2 is 1.89 bits per heavy atom. The Bertz CT molecular complexity index is 322. The minimum atomic E-state index is 0.264. The lowest BCUT2D eigenvalue weighted by Gasteiger charge is -2.39. The maximum Gasteiger partial charge on any atom is 0.0672 e. The Morgan fingerprint density at radius 1 is 1.00 bits per heavy atom. The molecule has 3 rings (SSSR count). The largest absolute Gasteiger partial charge is 0.310 e. The molecule has 0 amide bonds. The second-order valence-electron chi connectivity index (χ2n) is 6.35. The van der Waals surface area contributed by atoms with Crippen molar-refractivity contribution in [1.29, 1.82) is 5.26 Å². The lowest BCUT2D eigenvalue weighted by molar-refractivity contribution is 0.150. The van der Waals surface area contributed by atoms with Crippen molar-refractivity contribution in [3.63, 3.8) is 0 Å². The number of hydrogen-bond donors (Lipinski definition) is 1. The first-order valence-electron chi connectivity index (χ1n) is 7.76. The van der Waals surface area contributed by atoms with Crippen molar-refractivity contribution in [1.82, 2.24) is 10.2 Å². The first-order chi connectivity index (χ1) is 8.86. The van der Waals surface area contributed by atoms with E-state index in [1.54, 1.807) is 0 Å². The van der Waals surface area contributed by atoms with E-state index in [9.17, 15) is 5.26 Å². The minimum absolute atomic E-state index is 0.264. The van der Waals surface area contributed by atoms with Gasteiger partial charge in [-0.15, -0.1) is 0 Å². The van der Waals surface area contributed by atoms with E-state index >= 15 is 0 Å². The zero-order valence-corrected chi connectivity index (χ0v) is 11.3. The Labute approximate surface area is 111 Å². The highest BCUT2D eigenvalue weighted by Crippen LogP contribution is 2.29. The molecular weight excluding hydrogens is 222 g/mol. The van der Waals surface area contributed by atoms with Gasteiger partial charge in [-0.05, 0) is 51.6 Å². The Morgan fingerprint density at radius 3 is 2.78 bits per heavy atom. The number of piperidine rings is 1. The van der Waals surface area contributed by atoms with Gasteiger partial charge in [-0.3, -0.25) is 0 Å². The molecule has 4 atom stereocenters. The lowest BCUT2D eigenvalue weighted by Crippen LogP contribution is -2.50. The molecule has 0 spiro atoms. The fourth-order valence-corrected chi connectivity index (χ4v) is 4.16. The predicted octanol–water partition coefficient (Wildman–Crippen LogP) is 2.29. The van der Waals surface area contributed by atoms with Crippen molar-refractivity contribution >= 4 is 0 Å². The van der Waals surface area contributed by atoms with Gasteiger partial charge in [0.1, 0.15) is 0 Å². The highest BCUT2D eigenvalue weighted by molar-refractivity contribution is 4.97. The average Bonchev–Trinajstić information content (AvgIpc) is 2.87. The zero-order chi connectivity index (χ0) is 12.4. The number of nitrogens with zero attached hydrogens (tertiary/aromatic N) is 2. The normalized spacial score (nSPS) is 41.3. The van der Waals surface area contributed by atoms with Crippen LogP contribution < -0.4 is 5.32 Å². The van der Waals surface area contributed by atoms with Crippen LogP contribution in [0.25, 0.3) is 0 Å². The van der Waals surface area contributed by atoms with E-state index in [-0.39, 0.29) is 5.92 Å². The molecule has 0 aromatic carbocycles. The lowest BCUT2D eigenvalue weighted by atomic mass is 9.84. The van der Waals surface area contributed by atoms with Crippen LogP contribution in [0.5, 0.6) is 0 Å². The summed E-state index contributed by atoms with van der Waals surface area (Å²) in [5, 5.41) is 13.1.